The zero-order valence-corrected chi connectivity index (χ0v) is 20.9. The molecule has 8 nitrogen and oxygen atoms in total. The van der Waals surface area contributed by atoms with Crippen LogP contribution in [0, 0.1) is 11.0 Å². The molecular formula is C27H22FN7OS. The van der Waals surface area contributed by atoms with E-state index in [2.05, 4.69) is 30.5 Å². The van der Waals surface area contributed by atoms with Crippen molar-refractivity contribution < 1.29 is 9.18 Å². The van der Waals surface area contributed by atoms with Crippen molar-refractivity contribution in [2.45, 2.75) is 20.3 Å². The van der Waals surface area contributed by atoms with Crippen molar-refractivity contribution >= 4 is 45.0 Å². The molecule has 37 heavy (non-hydrogen) atoms. The highest BCUT2D eigenvalue weighted by Crippen LogP contribution is 2.34. The van der Waals surface area contributed by atoms with Gasteiger partial charge in [0.05, 0.1) is 17.4 Å². The summed E-state index contributed by atoms with van der Waals surface area (Å²) in [5, 5.41) is 11.1. The average Bonchev–Trinajstić information content (AvgIpc) is 3.60. The summed E-state index contributed by atoms with van der Waals surface area (Å²) in [6.07, 6.45) is 5.53. The van der Waals surface area contributed by atoms with Crippen molar-refractivity contribution in [2.75, 3.05) is 5.32 Å². The minimum absolute atomic E-state index is 0.0373. The molecule has 0 radical (unpaired) electrons. The maximum absolute atomic E-state index is 13.7. The Bertz CT molecular complexity index is 1770. The summed E-state index contributed by atoms with van der Waals surface area (Å²) in [4.78, 5) is 29.8. The normalized spacial score (nSPS) is 11.6. The molecule has 0 bridgehead atoms. The first-order chi connectivity index (χ1) is 17.9. The Labute approximate surface area is 215 Å². The van der Waals surface area contributed by atoms with E-state index in [9.17, 15) is 9.18 Å². The zero-order chi connectivity index (χ0) is 25.5. The molecule has 6 aromatic rings. The van der Waals surface area contributed by atoms with Gasteiger partial charge < -0.3 is 10.3 Å². The third-order valence-corrected chi connectivity index (χ3v) is 6.87. The lowest BCUT2D eigenvalue weighted by Gasteiger charge is -2.09. The molecule has 0 aliphatic carbocycles. The first-order valence-electron chi connectivity index (χ1n) is 11.8. The van der Waals surface area contributed by atoms with E-state index < -0.39 is 0 Å². The van der Waals surface area contributed by atoms with Crippen molar-refractivity contribution in [3.8, 4) is 33.1 Å². The minimum Gasteiger partial charge on any atom is -0.325 e. The number of aromatic amines is 2. The lowest BCUT2D eigenvalue weighted by molar-refractivity contribution is -0.116. The van der Waals surface area contributed by atoms with Crippen molar-refractivity contribution in [1.82, 2.24) is 30.1 Å². The fourth-order valence-corrected chi connectivity index (χ4v) is 5.06. The van der Waals surface area contributed by atoms with Crippen molar-refractivity contribution in [3.05, 3.63) is 66.2 Å². The van der Waals surface area contributed by atoms with E-state index in [0.29, 0.717) is 34.8 Å². The number of pyridine rings is 2. The lowest BCUT2D eigenvalue weighted by Crippen LogP contribution is -2.13. The molecule has 6 rings (SSSR count). The zero-order valence-electron chi connectivity index (χ0n) is 20.0. The van der Waals surface area contributed by atoms with E-state index in [1.807, 2.05) is 44.2 Å². The number of carbonyl (C=O) groups excluding carboxylic acids is 1. The fraction of sp³-hybridized carbons (Fsp3) is 0.148. The number of nitrogens with one attached hydrogen (secondary N) is 3. The second kappa shape index (κ2) is 9.21. The number of carbonyl (C=O) groups is 1. The Balaban J connectivity index is 1.38. The van der Waals surface area contributed by atoms with Crippen molar-refractivity contribution in [2.24, 2.45) is 5.92 Å². The van der Waals surface area contributed by atoms with Crippen LogP contribution >= 0.6 is 11.3 Å². The van der Waals surface area contributed by atoms with Gasteiger partial charge in [0.1, 0.15) is 11.2 Å². The minimum atomic E-state index is -0.250. The van der Waals surface area contributed by atoms with Gasteiger partial charge in [0, 0.05) is 40.2 Å². The number of amides is 1. The van der Waals surface area contributed by atoms with Crippen LogP contribution in [0.4, 0.5) is 10.1 Å². The number of aromatic nitrogens is 6. The molecule has 0 aliphatic rings. The van der Waals surface area contributed by atoms with E-state index in [4.69, 9.17) is 4.98 Å². The second-order valence-electron chi connectivity index (χ2n) is 9.19. The number of thiophene rings is 1. The number of imidazole rings is 1. The molecule has 184 valence electrons. The Morgan fingerprint density at radius 3 is 2.81 bits per heavy atom. The molecule has 1 amide bonds. The third kappa shape index (κ3) is 4.47. The summed E-state index contributed by atoms with van der Waals surface area (Å²) < 4.78 is 13.7. The molecule has 0 fully saturated rings. The molecule has 3 N–H and O–H groups in total. The molecule has 1 aromatic carbocycles. The van der Waals surface area contributed by atoms with Crippen molar-refractivity contribution in [1.29, 1.82) is 0 Å². The number of H-pyrrole nitrogens is 2. The highest BCUT2D eigenvalue weighted by molar-refractivity contribution is 7.14. The van der Waals surface area contributed by atoms with Crippen LogP contribution in [0.3, 0.4) is 0 Å². The predicted octanol–water partition coefficient (Wildman–Crippen LogP) is 6.42. The van der Waals surface area contributed by atoms with Gasteiger partial charge in [-0.2, -0.15) is 9.49 Å². The lowest BCUT2D eigenvalue weighted by atomic mass is 10.0. The SMILES string of the molecule is CC(C)CC(=O)Nc1cncc(-c2ccc3[nH]nc(-c4nc5c(-c6ccc(F)s6)ccnc5[nH]4)c3c2)c1. The van der Waals surface area contributed by atoms with E-state index in [0.717, 1.165) is 43.8 Å². The Hall–Kier alpha value is -4.44. The number of hydrogen-bond donors (Lipinski definition) is 3. The molecule has 5 aromatic heterocycles. The first kappa shape index (κ1) is 23.0. The van der Waals surface area contributed by atoms with E-state index in [-0.39, 0.29) is 17.0 Å². The monoisotopic (exact) mass is 511 g/mol. The van der Waals surface area contributed by atoms with Gasteiger partial charge in [0.25, 0.3) is 0 Å². The number of anilines is 1. The van der Waals surface area contributed by atoms with E-state index in [1.165, 1.54) is 6.07 Å². The highest BCUT2D eigenvalue weighted by atomic mass is 32.1. The van der Waals surface area contributed by atoms with Crippen LogP contribution < -0.4 is 5.32 Å². The maximum Gasteiger partial charge on any atom is 0.224 e. The van der Waals surface area contributed by atoms with Crippen molar-refractivity contribution in [3.63, 3.8) is 0 Å². The number of rotatable bonds is 6. The summed E-state index contributed by atoms with van der Waals surface area (Å²) in [5.74, 6) is 0.793. The molecule has 0 atom stereocenters. The van der Waals surface area contributed by atoms with E-state index in [1.54, 1.807) is 24.7 Å². The topological polar surface area (TPSA) is 112 Å². The smallest absolute Gasteiger partial charge is 0.224 e. The molecule has 0 unspecified atom stereocenters. The number of hydrogen-bond acceptors (Lipinski definition) is 6. The standard InChI is InChI=1S/C27H22FN7OS/c1-14(2)9-23(36)31-17-10-16(12-29-13-17)15-3-4-20-19(11-15)25(35-34-20)27-32-24-18(7-8-30-26(24)33-27)21-5-6-22(28)37-21/h3-8,10-14H,9H2,1-2H3,(H,31,36)(H,34,35)(H,30,32,33). The number of nitrogens with zero attached hydrogens (tertiary/aromatic N) is 4. The molecule has 0 aliphatic heterocycles. The van der Waals surface area contributed by atoms with Crippen LogP contribution in [0.5, 0.6) is 0 Å². The van der Waals surface area contributed by atoms with Gasteiger partial charge in [0.2, 0.25) is 5.91 Å². The van der Waals surface area contributed by atoms with Crippen LogP contribution in [-0.2, 0) is 4.79 Å². The molecule has 5 heterocycles. The Kier molecular flexibility index (Phi) is 5.72. The summed E-state index contributed by atoms with van der Waals surface area (Å²) in [5.41, 5.74) is 6.00. The van der Waals surface area contributed by atoms with Crippen LogP contribution in [0.15, 0.2) is 61.1 Å². The van der Waals surface area contributed by atoms with Gasteiger partial charge in [-0.1, -0.05) is 19.9 Å². The van der Waals surface area contributed by atoms with E-state index >= 15 is 0 Å². The molecule has 0 saturated heterocycles. The fourth-order valence-electron chi connectivity index (χ4n) is 4.30. The molecule has 10 heteroatoms. The Morgan fingerprint density at radius 1 is 1.11 bits per heavy atom. The summed E-state index contributed by atoms with van der Waals surface area (Å²) in [7, 11) is 0. The van der Waals surface area contributed by atoms with Crippen LogP contribution in [0.25, 0.3) is 55.2 Å². The number of benzene rings is 1. The highest BCUT2D eigenvalue weighted by Gasteiger charge is 2.17. The van der Waals surface area contributed by atoms with Gasteiger partial charge in [-0.15, -0.1) is 11.3 Å². The van der Waals surface area contributed by atoms with Crippen LogP contribution in [-0.4, -0.2) is 36.0 Å². The molecule has 0 saturated carbocycles. The van der Waals surface area contributed by atoms with Gasteiger partial charge in [0.15, 0.2) is 16.6 Å². The van der Waals surface area contributed by atoms with Crippen LogP contribution in [0.1, 0.15) is 20.3 Å². The second-order valence-corrected chi connectivity index (χ2v) is 10.2. The number of halogens is 1. The quantitative estimate of drug-likeness (QED) is 0.239. The molecule has 0 spiro atoms. The largest absolute Gasteiger partial charge is 0.325 e. The van der Waals surface area contributed by atoms with Gasteiger partial charge in [-0.3, -0.25) is 14.9 Å². The predicted molar refractivity (Wildman–Crippen MR) is 144 cm³/mol. The summed E-state index contributed by atoms with van der Waals surface area (Å²) >= 11 is 1.07. The molecular weight excluding hydrogens is 489 g/mol. The summed E-state index contributed by atoms with van der Waals surface area (Å²) in [6, 6.07) is 12.9. The van der Waals surface area contributed by atoms with Gasteiger partial charge in [-0.05, 0) is 47.9 Å². The van der Waals surface area contributed by atoms with Gasteiger partial charge in [-0.25, -0.2) is 9.97 Å². The van der Waals surface area contributed by atoms with Gasteiger partial charge >= 0.3 is 0 Å². The summed E-state index contributed by atoms with van der Waals surface area (Å²) in [6.45, 7) is 4.01. The third-order valence-electron chi connectivity index (χ3n) is 5.96. The Morgan fingerprint density at radius 2 is 2.00 bits per heavy atom. The number of fused-ring (bicyclic) bond motifs is 2. The average molecular weight is 512 g/mol. The maximum atomic E-state index is 13.7. The first-order valence-corrected chi connectivity index (χ1v) is 12.6. The van der Waals surface area contributed by atoms with Crippen LogP contribution in [0.2, 0.25) is 0 Å².